The van der Waals surface area contributed by atoms with Crippen LogP contribution < -0.4 is 5.32 Å². The predicted molar refractivity (Wildman–Crippen MR) is 420 cm³/mol. The van der Waals surface area contributed by atoms with Gasteiger partial charge in [-0.05, 0) is 12.8 Å². The van der Waals surface area contributed by atoms with Gasteiger partial charge >= 0.3 is 0 Å². The Morgan fingerprint density at radius 2 is 0.564 bits per heavy atom. The van der Waals surface area contributed by atoms with Crippen LogP contribution in [0, 0.1) is 0 Å². The van der Waals surface area contributed by atoms with E-state index < -0.39 is 86.8 Å². The van der Waals surface area contributed by atoms with Gasteiger partial charge in [0.05, 0.1) is 32.0 Å². The summed E-state index contributed by atoms with van der Waals surface area (Å²) in [5.41, 5.74) is 0. The number of aliphatic hydroxyl groups is 8. The van der Waals surface area contributed by atoms with Crippen molar-refractivity contribution in [3.63, 3.8) is 0 Å². The maximum absolute atomic E-state index is 13.4. The van der Waals surface area contributed by atoms with Crippen LogP contribution in [0.5, 0.6) is 0 Å². The third kappa shape index (κ3) is 54.3. The van der Waals surface area contributed by atoms with Crippen LogP contribution in [0.15, 0.2) is 0 Å². The molecular weight excluding hydrogens is 1270 g/mol. The first-order chi connectivity index (χ1) is 49.6. The Hall–Kier alpha value is -1.01. The van der Waals surface area contributed by atoms with E-state index >= 15 is 0 Å². The first kappa shape index (κ1) is 96.1. The highest BCUT2D eigenvalue weighted by Gasteiger charge is 2.51. The van der Waals surface area contributed by atoms with Gasteiger partial charge in [0.1, 0.15) is 48.8 Å². The molecule has 12 atom stereocenters. The van der Waals surface area contributed by atoms with Gasteiger partial charge in [-0.15, -0.1) is 0 Å². The molecule has 0 aromatic carbocycles. The first-order valence-corrected chi connectivity index (χ1v) is 44.8. The van der Waals surface area contributed by atoms with Crippen LogP contribution in [0.4, 0.5) is 0 Å². The number of ether oxygens (including phenoxy) is 4. The molecule has 0 aromatic rings. The molecule has 2 aliphatic rings. The maximum atomic E-state index is 13.4. The maximum Gasteiger partial charge on any atom is 0.220 e. The highest BCUT2D eigenvalue weighted by atomic mass is 16.7. The topological polar surface area (TPSA) is 228 Å². The van der Waals surface area contributed by atoms with Crippen molar-refractivity contribution in [2.45, 2.75) is 530 Å². The predicted octanol–water partition coefficient (Wildman–Crippen LogP) is 21.4. The Bertz CT molecular complexity index is 1700. The highest BCUT2D eigenvalue weighted by Crippen LogP contribution is 2.31. The molecule has 602 valence electrons. The second-order valence-corrected chi connectivity index (χ2v) is 32.1. The molecule has 0 aromatic heterocycles. The quantitative estimate of drug-likeness (QED) is 0.0259. The lowest BCUT2D eigenvalue weighted by molar-refractivity contribution is -0.359. The molecule has 0 saturated carbocycles. The van der Waals surface area contributed by atoms with Gasteiger partial charge in [-0.1, -0.05) is 438 Å². The van der Waals surface area contributed by atoms with Gasteiger partial charge in [-0.25, -0.2) is 0 Å². The average Bonchev–Trinajstić information content (AvgIpc) is 0.792. The second kappa shape index (κ2) is 71.9. The molecule has 2 rings (SSSR count). The van der Waals surface area contributed by atoms with E-state index in [9.17, 15) is 45.6 Å². The largest absolute Gasteiger partial charge is 0.394 e. The first-order valence-electron chi connectivity index (χ1n) is 44.8. The van der Waals surface area contributed by atoms with Gasteiger partial charge in [-0.2, -0.15) is 0 Å². The molecule has 0 radical (unpaired) electrons. The van der Waals surface area contributed by atoms with Gasteiger partial charge in [-0.3, -0.25) is 4.79 Å². The van der Waals surface area contributed by atoms with Gasteiger partial charge < -0.3 is 65.1 Å². The molecule has 1 amide bonds. The lowest BCUT2D eigenvalue weighted by Crippen LogP contribution is -2.65. The Balaban J connectivity index is 1.55. The van der Waals surface area contributed by atoms with Crippen LogP contribution in [0.2, 0.25) is 0 Å². The molecule has 2 fully saturated rings. The average molecular weight is 1440 g/mol. The Morgan fingerprint density at radius 1 is 0.317 bits per heavy atom. The van der Waals surface area contributed by atoms with Gasteiger partial charge in [0.2, 0.25) is 5.91 Å². The summed E-state index contributed by atoms with van der Waals surface area (Å²) < 4.78 is 23.0. The van der Waals surface area contributed by atoms with Crippen molar-refractivity contribution in [2.24, 2.45) is 0 Å². The molecule has 14 heteroatoms. The Kier molecular flexibility index (Phi) is 68.4. The number of hydrogen-bond donors (Lipinski definition) is 9. The summed E-state index contributed by atoms with van der Waals surface area (Å²) in [5.74, 6) is -0.193. The normalized spacial score (nSPS) is 21.6. The number of unbranched alkanes of at least 4 members (excludes halogenated alkanes) is 65. The van der Waals surface area contributed by atoms with Crippen molar-refractivity contribution >= 4 is 5.91 Å². The molecule has 2 heterocycles. The summed E-state index contributed by atoms with van der Waals surface area (Å²) >= 11 is 0. The molecule has 9 N–H and O–H groups in total. The van der Waals surface area contributed by atoms with E-state index in [2.05, 4.69) is 19.2 Å². The number of carbonyl (C=O) groups excluding carboxylic acids is 1. The van der Waals surface area contributed by atoms with Crippen molar-refractivity contribution in [3.8, 4) is 0 Å². The fraction of sp³-hybridized carbons (Fsp3) is 0.989. The molecule has 2 saturated heterocycles. The smallest absolute Gasteiger partial charge is 0.220 e. The summed E-state index contributed by atoms with van der Waals surface area (Å²) in [4.78, 5) is 13.4. The van der Waals surface area contributed by atoms with E-state index in [-0.39, 0.29) is 12.5 Å². The van der Waals surface area contributed by atoms with E-state index in [1.54, 1.807) is 0 Å². The van der Waals surface area contributed by atoms with Crippen LogP contribution in [-0.2, 0) is 23.7 Å². The second-order valence-electron chi connectivity index (χ2n) is 32.1. The van der Waals surface area contributed by atoms with Gasteiger partial charge in [0.25, 0.3) is 0 Å². The van der Waals surface area contributed by atoms with E-state index in [0.717, 1.165) is 51.4 Å². The fourth-order valence-electron chi connectivity index (χ4n) is 15.5. The van der Waals surface area contributed by atoms with Crippen molar-refractivity contribution in [1.29, 1.82) is 0 Å². The van der Waals surface area contributed by atoms with Gasteiger partial charge in [0.15, 0.2) is 12.6 Å². The van der Waals surface area contributed by atoms with Crippen molar-refractivity contribution in [2.75, 3.05) is 19.8 Å². The minimum Gasteiger partial charge on any atom is -0.394 e. The van der Waals surface area contributed by atoms with E-state index in [4.69, 9.17) is 18.9 Å². The molecule has 0 bridgehead atoms. The zero-order chi connectivity index (χ0) is 73.0. The SMILES string of the molecule is CCCCCCCCCCCCCCCCCCCCCCCCCCCCCCCCCCCCCCCC(=O)NC(COC1OC(CO)C(OC2OC(CO)C(O)C(O)C2O)C(O)C1O)C(O)CCCCCCCCCCCCCCCCCCCCCCCCCCCCCCCC. The monoisotopic (exact) mass is 1440 g/mol. The zero-order valence-electron chi connectivity index (χ0n) is 66.5. The Morgan fingerprint density at radius 3 is 0.842 bits per heavy atom. The number of carbonyl (C=O) groups is 1. The van der Waals surface area contributed by atoms with Crippen molar-refractivity contribution < 1.29 is 64.6 Å². The molecule has 101 heavy (non-hydrogen) atoms. The number of amides is 1. The number of aliphatic hydroxyl groups excluding tert-OH is 8. The van der Waals surface area contributed by atoms with Gasteiger partial charge in [0, 0.05) is 6.42 Å². The zero-order valence-corrected chi connectivity index (χ0v) is 66.5. The third-order valence-corrected chi connectivity index (χ3v) is 22.6. The minimum atomic E-state index is -1.78. The summed E-state index contributed by atoms with van der Waals surface area (Å²) in [7, 11) is 0. The van der Waals surface area contributed by atoms with E-state index in [1.165, 1.54) is 379 Å². The lowest BCUT2D eigenvalue weighted by atomic mass is 9.97. The molecule has 12 unspecified atom stereocenters. The number of nitrogens with one attached hydrogen (secondary N) is 1. The summed E-state index contributed by atoms with van der Waals surface area (Å²) in [6, 6.07) is -0.826. The van der Waals surface area contributed by atoms with Crippen LogP contribution >= 0.6 is 0 Å². The fourth-order valence-corrected chi connectivity index (χ4v) is 15.5. The van der Waals surface area contributed by atoms with E-state index in [0.29, 0.717) is 12.8 Å². The summed E-state index contributed by atoms with van der Waals surface area (Å²) in [6.45, 7) is 2.96. The van der Waals surface area contributed by atoms with Crippen molar-refractivity contribution in [3.05, 3.63) is 0 Å². The summed E-state index contributed by atoms with van der Waals surface area (Å²) in [6.07, 6.45) is 74.7. The minimum absolute atomic E-state index is 0.193. The Labute approximate surface area is 623 Å². The van der Waals surface area contributed by atoms with E-state index in [1.807, 2.05) is 0 Å². The summed E-state index contributed by atoms with van der Waals surface area (Å²) in [5, 5.41) is 88.0. The molecule has 14 nitrogen and oxygen atoms in total. The molecule has 2 aliphatic heterocycles. The molecular formula is C87H171NO13. The lowest BCUT2D eigenvalue weighted by Gasteiger charge is -2.46. The molecule has 0 spiro atoms. The number of hydrogen-bond acceptors (Lipinski definition) is 13. The highest BCUT2D eigenvalue weighted by molar-refractivity contribution is 5.76. The standard InChI is InChI=1S/C87H171NO13/c1-3-5-7-9-11-13-15-17-19-21-23-25-27-29-31-33-35-36-37-38-39-40-41-43-45-47-49-51-53-55-57-59-61-63-65-67-69-71-79(92)88-75(74-98-86-84(97)82(95)85(78(73-90)100-86)101-87-83(96)81(94)80(93)77(72-89)99-87)76(91)70-68-66-64-62-60-58-56-54-52-50-48-46-44-42-34-32-30-28-26-24-22-20-18-16-14-12-10-8-6-4-2/h75-78,80-87,89-91,93-97H,3-74H2,1-2H3,(H,88,92). The van der Waals surface area contributed by atoms with Crippen LogP contribution in [0.25, 0.3) is 0 Å². The van der Waals surface area contributed by atoms with Crippen LogP contribution in [0.3, 0.4) is 0 Å². The van der Waals surface area contributed by atoms with Crippen LogP contribution in [0.1, 0.15) is 457 Å². The third-order valence-electron chi connectivity index (χ3n) is 22.6. The molecule has 0 aliphatic carbocycles. The van der Waals surface area contributed by atoms with Crippen molar-refractivity contribution in [1.82, 2.24) is 5.32 Å². The number of rotatable bonds is 78. The van der Waals surface area contributed by atoms with Crippen LogP contribution in [-0.4, -0.2) is 140 Å².